The van der Waals surface area contributed by atoms with Crippen molar-refractivity contribution in [1.29, 1.82) is 0 Å². The molecule has 0 aromatic rings. The van der Waals surface area contributed by atoms with Crippen LogP contribution in [0.5, 0.6) is 0 Å². The van der Waals surface area contributed by atoms with E-state index in [9.17, 15) is 4.79 Å². The highest BCUT2D eigenvalue weighted by Crippen LogP contribution is 2.39. The SMILES string of the molecule is CNC(=O)C1CCC(Cl)C(C2CCCNC2)C1. The van der Waals surface area contributed by atoms with E-state index in [4.69, 9.17) is 11.6 Å². The van der Waals surface area contributed by atoms with Crippen LogP contribution in [0.3, 0.4) is 0 Å². The van der Waals surface area contributed by atoms with E-state index in [2.05, 4.69) is 10.6 Å². The summed E-state index contributed by atoms with van der Waals surface area (Å²) in [6.45, 7) is 2.21. The number of alkyl halides is 1. The van der Waals surface area contributed by atoms with Crippen LogP contribution in [-0.2, 0) is 4.79 Å². The van der Waals surface area contributed by atoms with Crippen molar-refractivity contribution in [3.8, 4) is 0 Å². The highest BCUT2D eigenvalue weighted by atomic mass is 35.5. The molecular formula is C13H23ClN2O. The fraction of sp³-hybridized carbons (Fsp3) is 0.923. The van der Waals surface area contributed by atoms with Gasteiger partial charge >= 0.3 is 0 Å². The first-order valence-corrected chi connectivity index (χ1v) is 7.22. The Balaban J connectivity index is 1.96. The summed E-state index contributed by atoms with van der Waals surface area (Å²) in [5, 5.41) is 6.49. The molecule has 17 heavy (non-hydrogen) atoms. The highest BCUT2D eigenvalue weighted by molar-refractivity contribution is 6.20. The van der Waals surface area contributed by atoms with Gasteiger partial charge in [-0.05, 0) is 57.0 Å². The highest BCUT2D eigenvalue weighted by Gasteiger charge is 2.37. The Morgan fingerprint density at radius 1 is 1.35 bits per heavy atom. The molecule has 1 saturated heterocycles. The first-order chi connectivity index (χ1) is 8.22. The van der Waals surface area contributed by atoms with Crippen LogP contribution in [0, 0.1) is 17.8 Å². The molecule has 1 amide bonds. The van der Waals surface area contributed by atoms with E-state index in [-0.39, 0.29) is 17.2 Å². The van der Waals surface area contributed by atoms with Crippen LogP contribution in [0.25, 0.3) is 0 Å². The summed E-state index contributed by atoms with van der Waals surface area (Å²) in [6.07, 6.45) is 5.42. The zero-order chi connectivity index (χ0) is 12.3. The molecule has 1 heterocycles. The van der Waals surface area contributed by atoms with E-state index < -0.39 is 0 Å². The number of hydrogen-bond acceptors (Lipinski definition) is 2. The van der Waals surface area contributed by atoms with Crippen LogP contribution in [0.15, 0.2) is 0 Å². The second-order valence-electron chi connectivity index (χ2n) is 5.41. The zero-order valence-corrected chi connectivity index (χ0v) is 11.3. The minimum absolute atomic E-state index is 0.182. The van der Waals surface area contributed by atoms with Crippen LogP contribution in [0.4, 0.5) is 0 Å². The van der Waals surface area contributed by atoms with E-state index in [1.165, 1.54) is 12.8 Å². The molecule has 4 atom stereocenters. The lowest BCUT2D eigenvalue weighted by atomic mass is 9.72. The van der Waals surface area contributed by atoms with Gasteiger partial charge in [0.05, 0.1) is 0 Å². The standard InChI is InChI=1S/C13H23ClN2O/c1-15-13(17)9-4-5-12(14)11(7-9)10-3-2-6-16-8-10/h9-12,16H,2-8H2,1H3,(H,15,17). The monoisotopic (exact) mass is 258 g/mol. The Labute approximate surface area is 109 Å². The van der Waals surface area contributed by atoms with Crippen molar-refractivity contribution >= 4 is 17.5 Å². The molecule has 1 saturated carbocycles. The minimum atomic E-state index is 0.182. The van der Waals surface area contributed by atoms with Gasteiger partial charge in [-0.25, -0.2) is 0 Å². The number of nitrogens with one attached hydrogen (secondary N) is 2. The van der Waals surface area contributed by atoms with Gasteiger partial charge in [0.15, 0.2) is 0 Å². The van der Waals surface area contributed by atoms with Gasteiger partial charge in [0.2, 0.25) is 5.91 Å². The summed E-state index contributed by atoms with van der Waals surface area (Å²) in [5.41, 5.74) is 0. The van der Waals surface area contributed by atoms with Crippen molar-refractivity contribution in [3.63, 3.8) is 0 Å². The lowest BCUT2D eigenvalue weighted by Crippen LogP contribution is -2.42. The van der Waals surface area contributed by atoms with Gasteiger partial charge in [0.1, 0.15) is 0 Å². The number of piperidine rings is 1. The molecule has 2 N–H and O–H groups in total. The third-order valence-corrected chi connectivity index (χ3v) is 4.91. The second kappa shape index (κ2) is 6.05. The molecule has 0 spiro atoms. The summed E-state index contributed by atoms with van der Waals surface area (Å²) in [6, 6.07) is 0. The average Bonchev–Trinajstić information content (AvgIpc) is 2.39. The number of halogens is 1. The second-order valence-corrected chi connectivity index (χ2v) is 5.97. The summed E-state index contributed by atoms with van der Waals surface area (Å²) in [4.78, 5) is 11.7. The van der Waals surface area contributed by atoms with Crippen molar-refractivity contribution in [2.24, 2.45) is 17.8 Å². The number of hydrogen-bond donors (Lipinski definition) is 2. The van der Waals surface area contributed by atoms with E-state index in [0.29, 0.717) is 11.8 Å². The van der Waals surface area contributed by atoms with Crippen molar-refractivity contribution < 1.29 is 4.79 Å². The summed E-state index contributed by atoms with van der Waals surface area (Å²) >= 11 is 6.47. The number of carbonyl (C=O) groups excluding carboxylic acids is 1. The van der Waals surface area contributed by atoms with E-state index in [1.807, 2.05) is 0 Å². The number of carbonyl (C=O) groups is 1. The van der Waals surface area contributed by atoms with Crippen molar-refractivity contribution in [1.82, 2.24) is 10.6 Å². The topological polar surface area (TPSA) is 41.1 Å². The zero-order valence-electron chi connectivity index (χ0n) is 10.5. The van der Waals surface area contributed by atoms with Crippen LogP contribution in [-0.4, -0.2) is 31.4 Å². The van der Waals surface area contributed by atoms with Gasteiger partial charge in [-0.3, -0.25) is 4.79 Å². The van der Waals surface area contributed by atoms with E-state index in [1.54, 1.807) is 7.05 Å². The van der Waals surface area contributed by atoms with Gasteiger partial charge < -0.3 is 10.6 Å². The summed E-state index contributed by atoms with van der Waals surface area (Å²) in [7, 11) is 1.73. The summed E-state index contributed by atoms with van der Waals surface area (Å²) < 4.78 is 0. The Kier molecular flexibility index (Phi) is 4.69. The normalized spacial score (nSPS) is 38.7. The fourth-order valence-electron chi connectivity index (χ4n) is 3.34. The molecule has 2 aliphatic rings. The quantitative estimate of drug-likeness (QED) is 0.741. The van der Waals surface area contributed by atoms with Crippen LogP contribution in [0.2, 0.25) is 0 Å². The molecule has 4 heteroatoms. The smallest absolute Gasteiger partial charge is 0.222 e. The summed E-state index contributed by atoms with van der Waals surface area (Å²) in [5.74, 6) is 1.56. The van der Waals surface area contributed by atoms with Gasteiger partial charge in [-0.1, -0.05) is 0 Å². The Bertz CT molecular complexity index is 266. The maximum absolute atomic E-state index is 11.7. The number of rotatable bonds is 2. The molecule has 2 rings (SSSR count). The van der Waals surface area contributed by atoms with Crippen molar-refractivity contribution in [3.05, 3.63) is 0 Å². The first kappa shape index (κ1) is 13.2. The molecular weight excluding hydrogens is 236 g/mol. The molecule has 0 aromatic carbocycles. The molecule has 98 valence electrons. The fourth-order valence-corrected chi connectivity index (χ4v) is 3.78. The largest absolute Gasteiger partial charge is 0.359 e. The molecule has 1 aliphatic carbocycles. The Hall–Kier alpha value is -0.280. The van der Waals surface area contributed by atoms with Crippen molar-refractivity contribution in [2.75, 3.05) is 20.1 Å². The van der Waals surface area contributed by atoms with E-state index >= 15 is 0 Å². The molecule has 1 aliphatic heterocycles. The van der Waals surface area contributed by atoms with Crippen LogP contribution >= 0.6 is 11.6 Å². The lowest BCUT2D eigenvalue weighted by Gasteiger charge is -2.39. The predicted octanol–water partition coefficient (Wildman–Crippen LogP) is 1.76. The number of amides is 1. The molecule has 0 bridgehead atoms. The Morgan fingerprint density at radius 2 is 2.18 bits per heavy atom. The first-order valence-electron chi connectivity index (χ1n) is 6.78. The van der Waals surface area contributed by atoms with Gasteiger partial charge in [0, 0.05) is 18.3 Å². The maximum atomic E-state index is 11.7. The van der Waals surface area contributed by atoms with Crippen molar-refractivity contribution in [2.45, 2.75) is 37.5 Å². The van der Waals surface area contributed by atoms with Gasteiger partial charge in [-0.2, -0.15) is 0 Å². The van der Waals surface area contributed by atoms with E-state index in [0.717, 1.165) is 32.4 Å². The van der Waals surface area contributed by atoms with Gasteiger partial charge in [-0.15, -0.1) is 11.6 Å². The third kappa shape index (κ3) is 3.14. The lowest BCUT2D eigenvalue weighted by molar-refractivity contribution is -0.126. The third-order valence-electron chi connectivity index (χ3n) is 4.37. The molecule has 4 unspecified atom stereocenters. The van der Waals surface area contributed by atoms with Crippen LogP contribution < -0.4 is 10.6 Å². The molecule has 0 aromatic heterocycles. The van der Waals surface area contributed by atoms with Gasteiger partial charge in [0.25, 0.3) is 0 Å². The molecule has 0 radical (unpaired) electrons. The predicted molar refractivity (Wildman–Crippen MR) is 70.1 cm³/mol. The maximum Gasteiger partial charge on any atom is 0.222 e. The van der Waals surface area contributed by atoms with Crippen LogP contribution in [0.1, 0.15) is 32.1 Å². The Morgan fingerprint density at radius 3 is 2.82 bits per heavy atom. The minimum Gasteiger partial charge on any atom is -0.359 e. The average molecular weight is 259 g/mol. The molecule has 3 nitrogen and oxygen atoms in total. The molecule has 2 fully saturated rings.